The molecule has 0 bridgehead atoms. The third-order valence-corrected chi connectivity index (χ3v) is 4.22. The van der Waals surface area contributed by atoms with Gasteiger partial charge in [0.2, 0.25) is 11.8 Å². The Labute approximate surface area is 106 Å². The molecule has 0 spiro atoms. The molecule has 2 rings (SSSR count). The largest absolute Gasteiger partial charge is 0.392 e. The number of nitrogens with two attached hydrogens (primary N) is 1. The second-order valence-electron chi connectivity index (χ2n) is 4.84. The van der Waals surface area contributed by atoms with Crippen LogP contribution in [0, 0.1) is 5.41 Å². The molecule has 6 heteroatoms. The molecule has 17 heavy (non-hydrogen) atoms. The lowest BCUT2D eigenvalue weighted by atomic mass is 9.67. The van der Waals surface area contributed by atoms with Crippen LogP contribution in [0.2, 0.25) is 0 Å². The molecule has 2 fully saturated rings. The Balaban J connectivity index is 2.10. The van der Waals surface area contributed by atoms with E-state index in [1.54, 1.807) is 16.8 Å². The van der Waals surface area contributed by atoms with Crippen LogP contribution in [0.1, 0.15) is 19.3 Å². The molecule has 0 aromatic rings. The van der Waals surface area contributed by atoms with E-state index in [1.807, 2.05) is 0 Å². The summed E-state index contributed by atoms with van der Waals surface area (Å²) in [5, 5.41) is 0. The van der Waals surface area contributed by atoms with Crippen molar-refractivity contribution in [1.82, 2.24) is 9.80 Å². The van der Waals surface area contributed by atoms with E-state index in [-0.39, 0.29) is 23.3 Å². The summed E-state index contributed by atoms with van der Waals surface area (Å²) in [4.78, 5) is 27.5. The van der Waals surface area contributed by atoms with Gasteiger partial charge in [0, 0.05) is 20.1 Å². The minimum atomic E-state index is -0.661. The van der Waals surface area contributed by atoms with Crippen molar-refractivity contribution < 1.29 is 9.59 Å². The van der Waals surface area contributed by atoms with Gasteiger partial charge in [-0.2, -0.15) is 0 Å². The second-order valence-corrected chi connectivity index (χ2v) is 5.28. The van der Waals surface area contributed by atoms with Crippen molar-refractivity contribution in [3.63, 3.8) is 0 Å². The topological polar surface area (TPSA) is 66.6 Å². The average Bonchev–Trinajstić information content (AvgIpc) is 2.19. The number of carbonyl (C=O) groups excluding carboxylic acids is 2. The first-order valence-corrected chi connectivity index (χ1v) is 6.21. The van der Waals surface area contributed by atoms with Gasteiger partial charge in [-0.15, -0.1) is 0 Å². The average molecular weight is 255 g/mol. The highest BCUT2D eigenvalue weighted by Gasteiger charge is 2.49. The van der Waals surface area contributed by atoms with Crippen molar-refractivity contribution in [2.75, 3.05) is 26.7 Å². The lowest BCUT2D eigenvalue weighted by Gasteiger charge is -2.44. The van der Waals surface area contributed by atoms with Gasteiger partial charge in [0.1, 0.15) is 0 Å². The maximum absolute atomic E-state index is 12.4. The standard InChI is InChI=1S/C11H17N3O2S/c1-13-5-6-14(7-8(13)15)10(16)11(9(12)17)3-2-4-11/h2-7H2,1H3,(H2,12,17). The lowest BCUT2D eigenvalue weighted by Crippen LogP contribution is -2.59. The molecule has 1 heterocycles. The Kier molecular flexibility index (Phi) is 3.07. The predicted molar refractivity (Wildman–Crippen MR) is 67.3 cm³/mol. The highest BCUT2D eigenvalue weighted by molar-refractivity contribution is 7.80. The zero-order chi connectivity index (χ0) is 12.6. The number of likely N-dealkylation sites (N-methyl/N-ethyl adjacent to an activating group) is 1. The van der Waals surface area contributed by atoms with Crippen LogP contribution in [0.25, 0.3) is 0 Å². The summed E-state index contributed by atoms with van der Waals surface area (Å²) in [5.74, 6) is -0.0836. The fourth-order valence-corrected chi connectivity index (χ4v) is 2.62. The van der Waals surface area contributed by atoms with Crippen LogP contribution in [0.4, 0.5) is 0 Å². The van der Waals surface area contributed by atoms with Crippen molar-refractivity contribution in [1.29, 1.82) is 0 Å². The van der Waals surface area contributed by atoms with Gasteiger partial charge in [0.15, 0.2) is 0 Å². The smallest absolute Gasteiger partial charge is 0.241 e. The van der Waals surface area contributed by atoms with Gasteiger partial charge < -0.3 is 15.5 Å². The number of piperazine rings is 1. The van der Waals surface area contributed by atoms with E-state index in [0.717, 1.165) is 19.3 Å². The summed E-state index contributed by atoms with van der Waals surface area (Å²) < 4.78 is 0. The van der Waals surface area contributed by atoms with Crippen LogP contribution in [0.15, 0.2) is 0 Å². The van der Waals surface area contributed by atoms with Gasteiger partial charge in [-0.05, 0) is 12.8 Å². The van der Waals surface area contributed by atoms with Crippen molar-refractivity contribution in [2.24, 2.45) is 11.1 Å². The lowest BCUT2D eigenvalue weighted by molar-refractivity contribution is -0.150. The van der Waals surface area contributed by atoms with Crippen LogP contribution >= 0.6 is 12.2 Å². The molecule has 2 aliphatic rings. The SMILES string of the molecule is CN1CCN(C(=O)C2(C(N)=S)CCC2)CC1=O. The zero-order valence-electron chi connectivity index (χ0n) is 9.94. The first-order valence-electron chi connectivity index (χ1n) is 5.80. The summed E-state index contributed by atoms with van der Waals surface area (Å²) in [7, 11) is 1.75. The molecule has 1 aliphatic carbocycles. The Hall–Kier alpha value is -1.17. The molecule has 2 N–H and O–H groups in total. The fourth-order valence-electron chi connectivity index (χ4n) is 2.33. The van der Waals surface area contributed by atoms with Crippen LogP contribution in [-0.4, -0.2) is 53.3 Å². The minimum absolute atomic E-state index is 0.0259. The van der Waals surface area contributed by atoms with E-state index in [1.165, 1.54) is 0 Å². The molecule has 1 saturated heterocycles. The number of amides is 2. The van der Waals surface area contributed by atoms with Crippen molar-refractivity contribution in [3.8, 4) is 0 Å². The highest BCUT2D eigenvalue weighted by Crippen LogP contribution is 2.43. The fraction of sp³-hybridized carbons (Fsp3) is 0.727. The summed E-state index contributed by atoms with van der Waals surface area (Å²) >= 11 is 5.01. The number of thiocarbonyl (C=S) groups is 1. The number of nitrogens with zero attached hydrogens (tertiary/aromatic N) is 2. The van der Waals surface area contributed by atoms with Crippen molar-refractivity contribution >= 4 is 29.0 Å². The highest BCUT2D eigenvalue weighted by atomic mass is 32.1. The molecule has 1 saturated carbocycles. The van der Waals surface area contributed by atoms with E-state index in [0.29, 0.717) is 13.1 Å². The molecule has 2 amide bonds. The van der Waals surface area contributed by atoms with E-state index in [9.17, 15) is 9.59 Å². The predicted octanol–water partition coefficient (Wildman–Crippen LogP) is -0.257. The number of hydrogen-bond acceptors (Lipinski definition) is 3. The van der Waals surface area contributed by atoms with Gasteiger partial charge in [-0.3, -0.25) is 9.59 Å². The summed E-state index contributed by atoms with van der Waals surface area (Å²) in [6, 6.07) is 0. The molecule has 0 radical (unpaired) electrons. The number of carbonyl (C=O) groups is 2. The Morgan fingerprint density at radius 3 is 2.47 bits per heavy atom. The molecular formula is C11H17N3O2S. The minimum Gasteiger partial charge on any atom is -0.392 e. The van der Waals surface area contributed by atoms with Crippen LogP contribution in [0.5, 0.6) is 0 Å². The Morgan fingerprint density at radius 2 is 2.06 bits per heavy atom. The third-order valence-electron chi connectivity index (χ3n) is 3.83. The van der Waals surface area contributed by atoms with Gasteiger partial charge in [-0.25, -0.2) is 0 Å². The quantitative estimate of drug-likeness (QED) is 0.691. The van der Waals surface area contributed by atoms with Crippen molar-refractivity contribution in [2.45, 2.75) is 19.3 Å². The Bertz CT molecular complexity index is 379. The molecular weight excluding hydrogens is 238 g/mol. The third kappa shape index (κ3) is 1.90. The van der Waals surface area contributed by atoms with Gasteiger partial charge in [0.25, 0.3) is 0 Å². The molecule has 94 valence electrons. The number of rotatable bonds is 2. The monoisotopic (exact) mass is 255 g/mol. The zero-order valence-corrected chi connectivity index (χ0v) is 10.8. The molecule has 5 nitrogen and oxygen atoms in total. The molecule has 0 aromatic carbocycles. The summed E-state index contributed by atoms with van der Waals surface area (Å²) in [5.41, 5.74) is 5.03. The van der Waals surface area contributed by atoms with Crippen molar-refractivity contribution in [3.05, 3.63) is 0 Å². The molecule has 0 aromatic heterocycles. The molecule has 0 atom stereocenters. The first kappa shape index (κ1) is 12.3. The van der Waals surface area contributed by atoms with E-state index in [4.69, 9.17) is 18.0 Å². The normalized spacial score (nSPS) is 23.2. The molecule has 1 aliphatic heterocycles. The number of hydrogen-bond donors (Lipinski definition) is 1. The maximum Gasteiger partial charge on any atom is 0.241 e. The van der Waals surface area contributed by atoms with Gasteiger partial charge in [0.05, 0.1) is 16.9 Å². The van der Waals surface area contributed by atoms with E-state index in [2.05, 4.69) is 0 Å². The van der Waals surface area contributed by atoms with Crippen LogP contribution in [0.3, 0.4) is 0 Å². The van der Waals surface area contributed by atoms with Crippen LogP contribution < -0.4 is 5.73 Å². The maximum atomic E-state index is 12.4. The summed E-state index contributed by atoms with van der Waals surface area (Å²) in [6.07, 6.45) is 2.42. The van der Waals surface area contributed by atoms with Gasteiger partial charge >= 0.3 is 0 Å². The van der Waals surface area contributed by atoms with E-state index >= 15 is 0 Å². The molecule has 0 unspecified atom stereocenters. The van der Waals surface area contributed by atoms with Crippen LogP contribution in [-0.2, 0) is 9.59 Å². The second kappa shape index (κ2) is 4.25. The Morgan fingerprint density at radius 1 is 1.41 bits per heavy atom. The van der Waals surface area contributed by atoms with E-state index < -0.39 is 5.41 Å². The van der Waals surface area contributed by atoms with Gasteiger partial charge in [-0.1, -0.05) is 18.6 Å². The first-order chi connectivity index (χ1) is 7.97. The summed E-state index contributed by atoms with van der Waals surface area (Å²) in [6.45, 7) is 1.31.